The summed E-state index contributed by atoms with van der Waals surface area (Å²) in [5, 5.41) is 2.84. The number of sulfone groups is 1. The van der Waals surface area contributed by atoms with E-state index in [1.807, 2.05) is 19.9 Å². The standard InChI is InChI=1S/C19H26N2O5S/c1-3-21(14-9-12-27(24,25)13-14)18(23)19(10-11-19)17(22)20-15-7-5-6-8-16(15)26-4-2/h5-8,14H,3-4,9-13H2,1-2H3,(H,20,22). The molecule has 0 radical (unpaired) electrons. The van der Waals surface area contributed by atoms with Crippen LogP contribution in [0.2, 0.25) is 0 Å². The largest absolute Gasteiger partial charge is 0.492 e. The molecule has 0 spiro atoms. The van der Waals surface area contributed by atoms with Crippen LogP contribution >= 0.6 is 0 Å². The lowest BCUT2D eigenvalue weighted by Crippen LogP contribution is -2.48. The quantitative estimate of drug-likeness (QED) is 0.713. The molecule has 1 saturated carbocycles. The first-order chi connectivity index (χ1) is 12.8. The van der Waals surface area contributed by atoms with E-state index in [1.54, 1.807) is 23.1 Å². The van der Waals surface area contributed by atoms with Gasteiger partial charge in [-0.25, -0.2) is 8.42 Å². The van der Waals surface area contributed by atoms with E-state index < -0.39 is 15.3 Å². The Balaban J connectivity index is 1.76. The number of carbonyl (C=O) groups excluding carboxylic acids is 2. The maximum atomic E-state index is 13.1. The molecule has 1 aromatic carbocycles. The second-order valence-corrected chi connectivity index (χ2v) is 9.34. The number of hydrogen-bond acceptors (Lipinski definition) is 5. The molecule has 0 aromatic heterocycles. The van der Waals surface area contributed by atoms with Gasteiger partial charge in [-0.15, -0.1) is 0 Å². The lowest BCUT2D eigenvalue weighted by Gasteiger charge is -2.30. The van der Waals surface area contributed by atoms with Gasteiger partial charge in [0.25, 0.3) is 0 Å². The molecular formula is C19H26N2O5S. The van der Waals surface area contributed by atoms with Crippen LogP contribution in [0.1, 0.15) is 33.1 Å². The lowest BCUT2D eigenvalue weighted by atomic mass is 10.0. The molecule has 1 atom stereocenters. The van der Waals surface area contributed by atoms with Crippen molar-refractivity contribution in [1.29, 1.82) is 0 Å². The maximum absolute atomic E-state index is 13.1. The maximum Gasteiger partial charge on any atom is 0.240 e. The molecule has 1 aliphatic carbocycles. The highest BCUT2D eigenvalue weighted by atomic mass is 32.2. The zero-order valence-corrected chi connectivity index (χ0v) is 16.5. The number of benzene rings is 1. The molecule has 2 aliphatic rings. The number of hydrogen-bond donors (Lipinski definition) is 1. The summed E-state index contributed by atoms with van der Waals surface area (Å²) in [6, 6.07) is 6.78. The van der Waals surface area contributed by atoms with E-state index in [9.17, 15) is 18.0 Å². The van der Waals surface area contributed by atoms with Gasteiger partial charge in [-0.05, 0) is 45.2 Å². The zero-order valence-electron chi connectivity index (χ0n) is 15.7. The normalized spacial score (nSPS) is 22.1. The van der Waals surface area contributed by atoms with E-state index in [-0.39, 0.29) is 29.4 Å². The van der Waals surface area contributed by atoms with Crippen molar-refractivity contribution in [3.63, 3.8) is 0 Å². The van der Waals surface area contributed by atoms with Crippen LogP contribution in [0.15, 0.2) is 24.3 Å². The van der Waals surface area contributed by atoms with Gasteiger partial charge in [0, 0.05) is 12.6 Å². The lowest BCUT2D eigenvalue weighted by molar-refractivity contribution is -0.143. The van der Waals surface area contributed by atoms with E-state index >= 15 is 0 Å². The average molecular weight is 394 g/mol. The minimum absolute atomic E-state index is 0.0164. The summed E-state index contributed by atoms with van der Waals surface area (Å²) in [5.41, 5.74) is -0.559. The van der Waals surface area contributed by atoms with Crippen molar-refractivity contribution in [2.75, 3.05) is 30.0 Å². The Kier molecular flexibility index (Phi) is 5.46. The second-order valence-electron chi connectivity index (χ2n) is 7.11. The Bertz CT molecular complexity index is 832. The van der Waals surface area contributed by atoms with Gasteiger partial charge in [0.15, 0.2) is 9.84 Å². The van der Waals surface area contributed by atoms with Gasteiger partial charge in [-0.3, -0.25) is 9.59 Å². The van der Waals surface area contributed by atoms with Gasteiger partial charge < -0.3 is 15.0 Å². The average Bonchev–Trinajstić information content (AvgIpc) is 3.37. The van der Waals surface area contributed by atoms with Crippen LogP contribution in [0.5, 0.6) is 5.75 Å². The van der Waals surface area contributed by atoms with Crippen molar-refractivity contribution in [3.05, 3.63) is 24.3 Å². The molecule has 0 bridgehead atoms. The monoisotopic (exact) mass is 394 g/mol. The van der Waals surface area contributed by atoms with Gasteiger partial charge in [0.05, 0.1) is 23.8 Å². The molecule has 1 heterocycles. The highest BCUT2D eigenvalue weighted by Gasteiger charge is 2.59. The number of amides is 2. The first-order valence-electron chi connectivity index (χ1n) is 9.37. The SMILES string of the molecule is CCOc1ccccc1NC(=O)C1(C(=O)N(CC)C2CCS(=O)(=O)C2)CC1. The summed E-state index contributed by atoms with van der Waals surface area (Å²) in [6.45, 7) is 4.54. The van der Waals surface area contributed by atoms with Crippen molar-refractivity contribution >= 4 is 27.3 Å². The van der Waals surface area contributed by atoms with Crippen LogP contribution in [0.3, 0.4) is 0 Å². The Morgan fingerprint density at radius 2 is 1.96 bits per heavy atom. The first kappa shape index (κ1) is 19.7. The van der Waals surface area contributed by atoms with Crippen molar-refractivity contribution in [2.24, 2.45) is 5.41 Å². The number of rotatable bonds is 7. The molecule has 1 unspecified atom stereocenters. The fourth-order valence-corrected chi connectivity index (χ4v) is 5.35. The van der Waals surface area contributed by atoms with Gasteiger partial charge in [-0.2, -0.15) is 0 Å². The zero-order chi connectivity index (χ0) is 19.7. The van der Waals surface area contributed by atoms with Gasteiger partial charge in [-0.1, -0.05) is 12.1 Å². The van der Waals surface area contributed by atoms with Crippen molar-refractivity contribution in [2.45, 2.75) is 39.2 Å². The molecule has 1 aliphatic heterocycles. The molecule has 2 fully saturated rings. The molecule has 1 saturated heterocycles. The van der Waals surface area contributed by atoms with E-state index in [1.165, 1.54) is 0 Å². The highest BCUT2D eigenvalue weighted by Crippen LogP contribution is 2.49. The topological polar surface area (TPSA) is 92.8 Å². The van der Waals surface area contributed by atoms with Crippen molar-refractivity contribution < 1.29 is 22.7 Å². The van der Waals surface area contributed by atoms with Gasteiger partial charge >= 0.3 is 0 Å². The Morgan fingerprint density at radius 3 is 2.52 bits per heavy atom. The van der Waals surface area contributed by atoms with Gasteiger partial charge in [0.1, 0.15) is 11.2 Å². The highest BCUT2D eigenvalue weighted by molar-refractivity contribution is 7.91. The molecule has 1 aromatic rings. The summed E-state index contributed by atoms with van der Waals surface area (Å²) < 4.78 is 29.1. The number of nitrogens with one attached hydrogen (secondary N) is 1. The number of para-hydroxylation sites is 2. The van der Waals surface area contributed by atoms with Crippen LogP contribution in [0.4, 0.5) is 5.69 Å². The Morgan fingerprint density at radius 1 is 1.26 bits per heavy atom. The predicted octanol–water partition coefficient (Wildman–Crippen LogP) is 1.84. The molecule has 7 nitrogen and oxygen atoms in total. The third-order valence-corrected chi connectivity index (χ3v) is 7.03. The molecule has 2 amide bonds. The smallest absolute Gasteiger partial charge is 0.240 e. The van der Waals surface area contributed by atoms with Crippen molar-refractivity contribution in [3.8, 4) is 5.75 Å². The summed E-state index contributed by atoms with van der Waals surface area (Å²) in [7, 11) is -3.10. The predicted molar refractivity (Wildman–Crippen MR) is 102 cm³/mol. The van der Waals surface area contributed by atoms with E-state index in [2.05, 4.69) is 5.32 Å². The number of anilines is 1. The number of nitrogens with zero attached hydrogens (tertiary/aromatic N) is 1. The minimum atomic E-state index is -3.10. The second kappa shape index (κ2) is 7.50. The molecule has 148 valence electrons. The fraction of sp³-hybridized carbons (Fsp3) is 0.579. The third kappa shape index (κ3) is 3.95. The van der Waals surface area contributed by atoms with Crippen molar-refractivity contribution in [1.82, 2.24) is 4.90 Å². The van der Waals surface area contributed by atoms with Crippen LogP contribution in [0, 0.1) is 5.41 Å². The number of carbonyl (C=O) groups is 2. The summed E-state index contributed by atoms with van der Waals surface area (Å²) in [5.74, 6) is 0.0306. The van der Waals surface area contributed by atoms with E-state index in [4.69, 9.17) is 4.74 Å². The Labute approximate surface area is 160 Å². The van der Waals surface area contributed by atoms with Crippen LogP contribution in [-0.4, -0.2) is 55.8 Å². The Hall–Kier alpha value is -2.09. The number of ether oxygens (including phenoxy) is 1. The summed E-state index contributed by atoms with van der Waals surface area (Å²) in [6.07, 6.45) is 1.39. The van der Waals surface area contributed by atoms with E-state index in [0.717, 1.165) is 0 Å². The van der Waals surface area contributed by atoms with Crippen LogP contribution in [0.25, 0.3) is 0 Å². The summed E-state index contributed by atoms with van der Waals surface area (Å²) >= 11 is 0. The first-order valence-corrected chi connectivity index (χ1v) is 11.2. The third-order valence-electron chi connectivity index (χ3n) is 5.28. The molecule has 8 heteroatoms. The molecule has 3 rings (SSSR count). The van der Waals surface area contributed by atoms with Crippen LogP contribution in [-0.2, 0) is 19.4 Å². The van der Waals surface area contributed by atoms with Gasteiger partial charge in [0.2, 0.25) is 11.8 Å². The molecular weight excluding hydrogens is 368 g/mol. The molecule has 27 heavy (non-hydrogen) atoms. The van der Waals surface area contributed by atoms with Crippen LogP contribution < -0.4 is 10.1 Å². The van der Waals surface area contributed by atoms with E-state index in [0.29, 0.717) is 43.9 Å². The molecule has 1 N–H and O–H groups in total. The minimum Gasteiger partial charge on any atom is -0.492 e. The summed E-state index contributed by atoms with van der Waals surface area (Å²) in [4.78, 5) is 27.6. The fourth-order valence-electron chi connectivity index (χ4n) is 3.62.